The Morgan fingerprint density at radius 2 is 2.06 bits per heavy atom. The summed E-state index contributed by atoms with van der Waals surface area (Å²) in [6, 6.07) is 5.12. The molecule has 1 atom stereocenters. The van der Waals surface area contributed by atoms with Gasteiger partial charge in [-0.3, -0.25) is 0 Å². The Labute approximate surface area is 98.4 Å². The summed E-state index contributed by atoms with van der Waals surface area (Å²) in [7, 11) is 0. The fourth-order valence-electron chi connectivity index (χ4n) is 2.16. The molecule has 2 rings (SSSR count). The van der Waals surface area contributed by atoms with Gasteiger partial charge in [-0.25, -0.2) is 4.39 Å². The molecule has 1 aromatic carbocycles. The third kappa shape index (κ3) is 2.56. The van der Waals surface area contributed by atoms with Gasteiger partial charge < -0.3 is 9.87 Å². The maximum Gasteiger partial charge on any atom is 0.188 e. The fourth-order valence-corrected chi connectivity index (χ4v) is 2.75. The summed E-state index contributed by atoms with van der Waals surface area (Å²) in [6.07, 6.45) is 3.60. The molecular weight excluding hydrogens is 225 g/mol. The van der Waals surface area contributed by atoms with Crippen molar-refractivity contribution in [3.05, 3.63) is 29.6 Å². The number of hydrogen-bond donors (Lipinski definition) is 1. The first-order chi connectivity index (χ1) is 7.68. The Kier molecular flexibility index (Phi) is 3.84. The van der Waals surface area contributed by atoms with E-state index in [2.05, 4.69) is 5.32 Å². The topological polar surface area (TPSA) is 35.1 Å². The summed E-state index contributed by atoms with van der Waals surface area (Å²) < 4.78 is 24.9. The standard InChI is InChI=1S/C12H16FNOS/c1-16(15)12-3-2-10(8-11(12)13)9-4-6-14-7-5-9/h2-3,8-9,14H,4-7H2,1H3. The monoisotopic (exact) mass is 241 g/mol. The van der Waals surface area contributed by atoms with Gasteiger partial charge in [0.1, 0.15) is 6.26 Å². The van der Waals surface area contributed by atoms with E-state index < -0.39 is 11.2 Å². The van der Waals surface area contributed by atoms with Crippen LogP contribution in [-0.2, 0) is 11.2 Å². The lowest BCUT2D eigenvalue weighted by Crippen LogP contribution is -2.26. The second-order valence-electron chi connectivity index (χ2n) is 4.17. The second kappa shape index (κ2) is 5.17. The Morgan fingerprint density at radius 1 is 1.38 bits per heavy atom. The number of piperidine rings is 1. The highest BCUT2D eigenvalue weighted by Crippen LogP contribution is 2.27. The smallest absolute Gasteiger partial charge is 0.188 e. The first-order valence-electron chi connectivity index (χ1n) is 5.52. The molecule has 4 heteroatoms. The van der Waals surface area contributed by atoms with Gasteiger partial charge >= 0.3 is 0 Å². The molecular formula is C12H16FNOS. The van der Waals surface area contributed by atoms with Crippen LogP contribution in [-0.4, -0.2) is 23.9 Å². The fraction of sp³-hybridized carbons (Fsp3) is 0.500. The number of benzene rings is 1. The van der Waals surface area contributed by atoms with Crippen LogP contribution in [0.1, 0.15) is 24.3 Å². The molecule has 1 heterocycles. The molecule has 1 saturated heterocycles. The molecule has 0 aromatic heterocycles. The van der Waals surface area contributed by atoms with E-state index in [0.717, 1.165) is 31.5 Å². The summed E-state index contributed by atoms with van der Waals surface area (Å²) >= 11 is -1.24. The van der Waals surface area contributed by atoms with Crippen LogP contribution in [0.25, 0.3) is 0 Å². The Balaban J connectivity index is 2.19. The molecule has 0 bridgehead atoms. The van der Waals surface area contributed by atoms with Gasteiger partial charge in [-0.1, -0.05) is 6.07 Å². The van der Waals surface area contributed by atoms with E-state index in [4.69, 9.17) is 0 Å². The van der Waals surface area contributed by atoms with Crippen molar-refractivity contribution in [2.24, 2.45) is 0 Å². The normalized spacial score (nSPS) is 19.7. The average Bonchev–Trinajstić information content (AvgIpc) is 2.29. The van der Waals surface area contributed by atoms with Gasteiger partial charge in [-0.15, -0.1) is 0 Å². The molecule has 1 aromatic rings. The maximum absolute atomic E-state index is 13.6. The maximum atomic E-state index is 13.6. The van der Waals surface area contributed by atoms with E-state index in [1.54, 1.807) is 12.1 Å². The minimum Gasteiger partial charge on any atom is -0.612 e. The average molecular weight is 241 g/mol. The minimum absolute atomic E-state index is 0.303. The molecule has 0 spiro atoms. The zero-order valence-corrected chi connectivity index (χ0v) is 10.1. The number of rotatable bonds is 2. The zero-order chi connectivity index (χ0) is 11.5. The van der Waals surface area contributed by atoms with Gasteiger partial charge in [0.15, 0.2) is 10.7 Å². The Hall–Kier alpha value is -0.580. The minimum atomic E-state index is -1.24. The Morgan fingerprint density at radius 3 is 2.62 bits per heavy atom. The van der Waals surface area contributed by atoms with Crippen molar-refractivity contribution in [2.45, 2.75) is 23.7 Å². The van der Waals surface area contributed by atoms with Crippen molar-refractivity contribution in [1.82, 2.24) is 5.32 Å². The molecule has 1 aliphatic rings. The zero-order valence-electron chi connectivity index (χ0n) is 9.33. The third-order valence-corrected chi connectivity index (χ3v) is 4.03. The van der Waals surface area contributed by atoms with Crippen molar-refractivity contribution in [3.63, 3.8) is 0 Å². The van der Waals surface area contributed by atoms with Crippen LogP contribution in [0.3, 0.4) is 0 Å². The van der Waals surface area contributed by atoms with Gasteiger partial charge in [0.25, 0.3) is 0 Å². The Bertz CT molecular complexity index is 364. The van der Waals surface area contributed by atoms with Gasteiger partial charge in [0, 0.05) is 0 Å². The molecule has 1 unspecified atom stereocenters. The number of halogens is 1. The van der Waals surface area contributed by atoms with Crippen LogP contribution in [0, 0.1) is 5.82 Å². The first kappa shape index (κ1) is 11.9. The highest BCUT2D eigenvalue weighted by molar-refractivity contribution is 7.90. The van der Waals surface area contributed by atoms with Crippen molar-refractivity contribution >= 4 is 11.2 Å². The van der Waals surface area contributed by atoms with E-state index >= 15 is 0 Å². The van der Waals surface area contributed by atoms with Gasteiger partial charge in [-0.05, 0) is 60.7 Å². The number of nitrogens with one attached hydrogen (secondary N) is 1. The lowest BCUT2D eigenvalue weighted by molar-refractivity contribution is 0.457. The van der Waals surface area contributed by atoms with Crippen molar-refractivity contribution in [2.75, 3.05) is 19.3 Å². The molecule has 1 fully saturated rings. The molecule has 0 radical (unpaired) electrons. The van der Waals surface area contributed by atoms with Crippen LogP contribution in [0.5, 0.6) is 0 Å². The van der Waals surface area contributed by atoms with Crippen LogP contribution in [0.2, 0.25) is 0 Å². The molecule has 1 N–H and O–H groups in total. The highest BCUT2D eigenvalue weighted by Gasteiger charge is 2.18. The largest absolute Gasteiger partial charge is 0.612 e. The summed E-state index contributed by atoms with van der Waals surface area (Å²) in [5.74, 6) is 0.104. The third-order valence-electron chi connectivity index (χ3n) is 3.08. The van der Waals surface area contributed by atoms with E-state index in [0.29, 0.717) is 10.8 Å². The SMILES string of the molecule is C[S+]([O-])c1ccc(C2CCNCC2)cc1F. The predicted molar refractivity (Wildman–Crippen MR) is 63.6 cm³/mol. The van der Waals surface area contributed by atoms with Crippen molar-refractivity contribution in [1.29, 1.82) is 0 Å². The molecule has 0 saturated carbocycles. The van der Waals surface area contributed by atoms with Gasteiger partial charge in [-0.2, -0.15) is 0 Å². The molecule has 0 amide bonds. The van der Waals surface area contributed by atoms with Crippen LogP contribution < -0.4 is 5.32 Å². The summed E-state index contributed by atoms with van der Waals surface area (Å²) in [5.41, 5.74) is 1.04. The highest BCUT2D eigenvalue weighted by atomic mass is 32.2. The summed E-state index contributed by atoms with van der Waals surface area (Å²) in [5, 5.41) is 3.29. The van der Waals surface area contributed by atoms with E-state index in [-0.39, 0.29) is 5.82 Å². The summed E-state index contributed by atoms with van der Waals surface area (Å²) in [4.78, 5) is 0.303. The molecule has 16 heavy (non-hydrogen) atoms. The summed E-state index contributed by atoms with van der Waals surface area (Å²) in [6.45, 7) is 1.99. The predicted octanol–water partition coefficient (Wildman–Crippen LogP) is 2.03. The van der Waals surface area contributed by atoms with E-state index in [9.17, 15) is 8.94 Å². The lowest BCUT2D eigenvalue weighted by Gasteiger charge is -2.23. The van der Waals surface area contributed by atoms with Crippen molar-refractivity contribution < 1.29 is 8.94 Å². The van der Waals surface area contributed by atoms with Crippen LogP contribution >= 0.6 is 0 Å². The van der Waals surface area contributed by atoms with Crippen LogP contribution in [0.15, 0.2) is 23.1 Å². The van der Waals surface area contributed by atoms with E-state index in [1.807, 2.05) is 6.07 Å². The number of hydrogen-bond acceptors (Lipinski definition) is 2. The second-order valence-corrected chi connectivity index (χ2v) is 5.52. The molecule has 0 aliphatic carbocycles. The van der Waals surface area contributed by atoms with Crippen molar-refractivity contribution in [3.8, 4) is 0 Å². The van der Waals surface area contributed by atoms with Gasteiger partial charge in [0.2, 0.25) is 0 Å². The quantitative estimate of drug-likeness (QED) is 0.804. The molecule has 2 nitrogen and oxygen atoms in total. The first-order valence-corrected chi connectivity index (χ1v) is 7.08. The molecule has 1 aliphatic heterocycles. The lowest BCUT2D eigenvalue weighted by atomic mass is 9.90. The van der Waals surface area contributed by atoms with E-state index in [1.165, 1.54) is 6.26 Å². The van der Waals surface area contributed by atoms with Gasteiger partial charge in [0.05, 0.1) is 0 Å². The molecule has 88 valence electrons. The van der Waals surface area contributed by atoms with Crippen LogP contribution in [0.4, 0.5) is 4.39 Å².